The zero-order valence-corrected chi connectivity index (χ0v) is 16.9. The molecule has 1 unspecified atom stereocenters. The lowest BCUT2D eigenvalue weighted by atomic mass is 9.82. The van der Waals surface area contributed by atoms with E-state index < -0.39 is 17.7 Å². The maximum Gasteiger partial charge on any atom is 0.416 e. The van der Waals surface area contributed by atoms with Crippen LogP contribution in [0.4, 0.5) is 13.2 Å². The molecule has 0 saturated heterocycles. The molecule has 0 spiro atoms. The molecule has 3 N–H and O–H groups in total. The summed E-state index contributed by atoms with van der Waals surface area (Å²) < 4.78 is 55.5. The third-order valence-corrected chi connectivity index (χ3v) is 5.19. The highest BCUT2D eigenvalue weighted by molar-refractivity contribution is 5.76. The van der Waals surface area contributed by atoms with Gasteiger partial charge in [0.25, 0.3) is 0 Å². The topological polar surface area (TPSA) is 106 Å². The maximum atomic E-state index is 13.1. The quantitative estimate of drug-likeness (QED) is 0.623. The number of nitrogens with one attached hydrogen (secondary N) is 1. The highest BCUT2D eigenvalue weighted by Gasteiger charge is 2.37. The number of methoxy groups -OCH3 is 2. The summed E-state index contributed by atoms with van der Waals surface area (Å²) in [4.78, 5) is 0. The molecule has 0 aliphatic carbocycles. The van der Waals surface area contributed by atoms with Gasteiger partial charge in [-0.1, -0.05) is 12.1 Å². The number of halogens is 3. The van der Waals surface area contributed by atoms with Crippen molar-refractivity contribution in [2.75, 3.05) is 14.2 Å². The zero-order valence-electron chi connectivity index (χ0n) is 16.9. The number of nitrogens with zero attached hydrogens (tertiary/aromatic N) is 2. The Kier molecular flexibility index (Phi) is 5.18. The molecular weight excluding hydrogens is 425 g/mol. The number of fused-ring (bicyclic) bond motifs is 1. The highest BCUT2D eigenvalue weighted by atomic mass is 19.4. The second-order valence-corrected chi connectivity index (χ2v) is 6.93. The summed E-state index contributed by atoms with van der Waals surface area (Å²) in [5.41, 5.74) is 7.09. The summed E-state index contributed by atoms with van der Waals surface area (Å²) >= 11 is 0. The van der Waals surface area contributed by atoms with Gasteiger partial charge >= 0.3 is 6.18 Å². The van der Waals surface area contributed by atoms with E-state index in [9.17, 15) is 18.4 Å². The SMILES string of the molecule is COc1ccc(OC)c(-c2[nH]nc3c2C(c2ccc(C(F)(F)F)cc2)C(C#N)=C(N)O3)c1. The Hall–Kier alpha value is -4.13. The van der Waals surface area contributed by atoms with Gasteiger partial charge in [-0.05, 0) is 35.9 Å². The molecule has 1 aliphatic heterocycles. The molecule has 3 aromatic rings. The molecule has 1 aliphatic rings. The predicted octanol–water partition coefficient (Wildman–Crippen LogP) is 4.33. The summed E-state index contributed by atoms with van der Waals surface area (Å²) in [6.45, 7) is 0. The molecule has 1 atom stereocenters. The van der Waals surface area contributed by atoms with E-state index in [0.29, 0.717) is 33.9 Å². The van der Waals surface area contributed by atoms with Gasteiger partial charge in [0.05, 0.1) is 37.0 Å². The van der Waals surface area contributed by atoms with Crippen molar-refractivity contribution in [3.05, 3.63) is 70.6 Å². The van der Waals surface area contributed by atoms with Crippen LogP contribution >= 0.6 is 0 Å². The fourth-order valence-corrected chi connectivity index (χ4v) is 3.66. The van der Waals surface area contributed by atoms with Crippen molar-refractivity contribution in [1.29, 1.82) is 5.26 Å². The minimum absolute atomic E-state index is 0.0572. The summed E-state index contributed by atoms with van der Waals surface area (Å²) in [5, 5.41) is 16.8. The molecular formula is C22H17F3N4O3. The van der Waals surface area contributed by atoms with Crippen LogP contribution in [0.2, 0.25) is 0 Å². The van der Waals surface area contributed by atoms with Crippen LogP contribution in [0.1, 0.15) is 22.6 Å². The van der Waals surface area contributed by atoms with Gasteiger partial charge in [-0.15, -0.1) is 5.10 Å². The second kappa shape index (κ2) is 7.85. The van der Waals surface area contributed by atoms with Crippen LogP contribution in [0.25, 0.3) is 11.3 Å². The first-order valence-corrected chi connectivity index (χ1v) is 9.33. The van der Waals surface area contributed by atoms with E-state index >= 15 is 0 Å². The first-order chi connectivity index (χ1) is 15.3. The lowest BCUT2D eigenvalue weighted by Crippen LogP contribution is -2.21. The van der Waals surface area contributed by atoms with Gasteiger partial charge in [-0.2, -0.15) is 18.4 Å². The van der Waals surface area contributed by atoms with Crippen molar-refractivity contribution in [3.63, 3.8) is 0 Å². The standard InChI is InChI=1S/C22H17F3N4O3/c1-30-13-7-8-16(31-2)14(9-13)19-18-17(11-3-5-12(6-4-11)22(23,24)25)15(10-26)20(27)32-21(18)29-28-19/h3-9,17H,27H2,1-2H3,(H,28,29). The molecule has 0 radical (unpaired) electrons. The fraction of sp³-hybridized carbons (Fsp3) is 0.182. The monoisotopic (exact) mass is 442 g/mol. The Morgan fingerprint density at radius 2 is 1.84 bits per heavy atom. The Morgan fingerprint density at radius 1 is 1.12 bits per heavy atom. The maximum absolute atomic E-state index is 13.1. The Labute approximate surface area is 180 Å². The molecule has 0 saturated carbocycles. The summed E-state index contributed by atoms with van der Waals surface area (Å²) in [6, 6.07) is 11.7. The molecule has 1 aromatic heterocycles. The van der Waals surface area contributed by atoms with E-state index in [-0.39, 0.29) is 17.3 Å². The molecule has 0 bridgehead atoms. The Bertz CT molecular complexity index is 1240. The number of aromatic amines is 1. The molecule has 0 amide bonds. The van der Waals surface area contributed by atoms with Gasteiger partial charge in [-0.3, -0.25) is 5.10 Å². The van der Waals surface area contributed by atoms with E-state index in [2.05, 4.69) is 10.2 Å². The number of alkyl halides is 3. The molecule has 2 aromatic carbocycles. The molecule has 10 heteroatoms. The highest BCUT2D eigenvalue weighted by Crippen LogP contribution is 2.48. The van der Waals surface area contributed by atoms with Crippen LogP contribution in [0, 0.1) is 11.3 Å². The van der Waals surface area contributed by atoms with Gasteiger partial charge in [0.2, 0.25) is 11.8 Å². The lowest BCUT2D eigenvalue weighted by molar-refractivity contribution is -0.137. The summed E-state index contributed by atoms with van der Waals surface area (Å²) in [5.74, 6) is 0.175. The van der Waals surface area contributed by atoms with E-state index in [4.69, 9.17) is 19.9 Å². The lowest BCUT2D eigenvalue weighted by Gasteiger charge is -2.24. The average Bonchev–Trinajstić information content (AvgIpc) is 3.20. The number of hydrogen-bond donors (Lipinski definition) is 2. The molecule has 4 rings (SSSR count). The smallest absolute Gasteiger partial charge is 0.416 e. The molecule has 164 valence electrons. The number of H-pyrrole nitrogens is 1. The summed E-state index contributed by atoms with van der Waals surface area (Å²) in [7, 11) is 3.01. The molecule has 2 heterocycles. The van der Waals surface area contributed by atoms with Gasteiger partial charge in [0.15, 0.2) is 0 Å². The fourth-order valence-electron chi connectivity index (χ4n) is 3.66. The largest absolute Gasteiger partial charge is 0.497 e. The van der Waals surface area contributed by atoms with Gasteiger partial charge in [0.1, 0.15) is 23.1 Å². The number of nitriles is 1. The molecule has 7 nitrogen and oxygen atoms in total. The van der Waals surface area contributed by atoms with Crippen molar-refractivity contribution in [3.8, 4) is 34.7 Å². The van der Waals surface area contributed by atoms with Crippen molar-refractivity contribution in [1.82, 2.24) is 10.2 Å². The number of ether oxygens (including phenoxy) is 3. The van der Waals surface area contributed by atoms with E-state index in [1.54, 1.807) is 18.2 Å². The van der Waals surface area contributed by atoms with Crippen LogP contribution in [0.3, 0.4) is 0 Å². The predicted molar refractivity (Wildman–Crippen MR) is 108 cm³/mol. The molecule has 0 fully saturated rings. The van der Waals surface area contributed by atoms with E-state index in [1.807, 2.05) is 6.07 Å². The molecule has 32 heavy (non-hydrogen) atoms. The Morgan fingerprint density at radius 3 is 2.44 bits per heavy atom. The number of hydrogen-bond acceptors (Lipinski definition) is 6. The van der Waals surface area contributed by atoms with Crippen LogP contribution in [0.5, 0.6) is 17.4 Å². The normalized spacial score (nSPS) is 15.6. The van der Waals surface area contributed by atoms with Crippen molar-refractivity contribution in [2.24, 2.45) is 5.73 Å². The summed E-state index contributed by atoms with van der Waals surface area (Å²) in [6.07, 6.45) is -4.49. The number of allylic oxidation sites excluding steroid dienone is 1. The number of benzene rings is 2. The van der Waals surface area contributed by atoms with Crippen LogP contribution in [-0.2, 0) is 6.18 Å². The van der Waals surface area contributed by atoms with Crippen LogP contribution < -0.4 is 19.9 Å². The third-order valence-electron chi connectivity index (χ3n) is 5.19. The van der Waals surface area contributed by atoms with Gasteiger partial charge in [-0.25, -0.2) is 0 Å². The first kappa shape index (κ1) is 21.1. The second-order valence-electron chi connectivity index (χ2n) is 6.93. The van der Waals surface area contributed by atoms with Crippen LogP contribution in [0.15, 0.2) is 53.9 Å². The van der Waals surface area contributed by atoms with E-state index in [1.165, 1.54) is 26.4 Å². The van der Waals surface area contributed by atoms with Gasteiger partial charge in [0, 0.05) is 5.56 Å². The minimum Gasteiger partial charge on any atom is -0.497 e. The Balaban J connectivity index is 1.93. The zero-order chi connectivity index (χ0) is 23.0. The van der Waals surface area contributed by atoms with Crippen LogP contribution in [-0.4, -0.2) is 24.4 Å². The third kappa shape index (κ3) is 3.47. The minimum atomic E-state index is -4.49. The number of rotatable bonds is 4. The number of nitrogens with two attached hydrogens (primary N) is 1. The first-order valence-electron chi connectivity index (χ1n) is 9.33. The van der Waals surface area contributed by atoms with Gasteiger partial charge < -0.3 is 19.9 Å². The van der Waals surface area contributed by atoms with Crippen molar-refractivity contribution < 1.29 is 27.4 Å². The number of aromatic nitrogens is 2. The van der Waals surface area contributed by atoms with E-state index in [0.717, 1.165) is 12.1 Å². The average molecular weight is 442 g/mol. The van der Waals surface area contributed by atoms with Crippen molar-refractivity contribution in [2.45, 2.75) is 12.1 Å². The van der Waals surface area contributed by atoms with Crippen molar-refractivity contribution >= 4 is 0 Å².